The van der Waals surface area contributed by atoms with E-state index in [-0.39, 0.29) is 11.4 Å². The van der Waals surface area contributed by atoms with Crippen LogP contribution in [0.5, 0.6) is 0 Å². The highest BCUT2D eigenvalue weighted by molar-refractivity contribution is 5.71. The molecule has 0 aliphatic heterocycles. The van der Waals surface area contributed by atoms with E-state index in [1.54, 1.807) is 12.4 Å². The first kappa shape index (κ1) is 19.3. The third-order valence-corrected chi connectivity index (χ3v) is 3.08. The Bertz CT molecular complexity index is 780. The molecule has 0 atom stereocenters. The molecule has 2 aromatic heterocycles. The van der Waals surface area contributed by atoms with Gasteiger partial charge in [0.05, 0.1) is 5.56 Å². The van der Waals surface area contributed by atoms with Gasteiger partial charge in [-0.3, -0.25) is 4.99 Å². The molecule has 0 saturated carbocycles. The first-order chi connectivity index (χ1) is 12.4. The van der Waals surface area contributed by atoms with Gasteiger partial charge in [0, 0.05) is 38.4 Å². The largest absolute Gasteiger partial charge is 0.471 e. The molecule has 0 unspecified atom stereocenters. The number of alkyl halides is 3. The second kappa shape index (κ2) is 8.88. The van der Waals surface area contributed by atoms with E-state index >= 15 is 0 Å². The molecule has 0 N–H and O–H groups in total. The van der Waals surface area contributed by atoms with Crippen molar-refractivity contribution < 1.29 is 17.7 Å². The van der Waals surface area contributed by atoms with Crippen LogP contribution in [0.1, 0.15) is 19.2 Å². The average molecular weight is 366 g/mol. The van der Waals surface area contributed by atoms with Crippen LogP contribution < -0.4 is 4.90 Å². The maximum Gasteiger partial charge on any atom is 0.471 e. The van der Waals surface area contributed by atoms with Crippen LogP contribution in [0.3, 0.4) is 0 Å². The molecule has 0 bridgehead atoms. The first-order valence-electron chi connectivity index (χ1n) is 7.65. The van der Waals surface area contributed by atoms with Crippen molar-refractivity contribution in [2.75, 3.05) is 18.5 Å². The molecule has 0 spiro atoms. The molecule has 2 aromatic rings. The lowest BCUT2D eigenvalue weighted by molar-refractivity contribution is -0.159. The van der Waals surface area contributed by atoms with Crippen LogP contribution in [0.25, 0.3) is 11.4 Å². The molecule has 0 amide bonds. The van der Waals surface area contributed by atoms with E-state index in [1.165, 1.54) is 12.4 Å². The van der Waals surface area contributed by atoms with E-state index in [1.807, 2.05) is 37.1 Å². The highest BCUT2D eigenvalue weighted by Gasteiger charge is 2.38. The van der Waals surface area contributed by atoms with E-state index in [0.717, 1.165) is 6.42 Å². The fourth-order valence-electron chi connectivity index (χ4n) is 1.80. The molecule has 0 saturated heterocycles. The van der Waals surface area contributed by atoms with Crippen molar-refractivity contribution in [2.45, 2.75) is 19.5 Å². The molecular formula is C16H17F3N6O. The minimum Gasteiger partial charge on any atom is -0.344 e. The minimum atomic E-state index is -4.68. The van der Waals surface area contributed by atoms with Crippen LogP contribution in [0.2, 0.25) is 0 Å². The Morgan fingerprint density at radius 1 is 1.27 bits per heavy atom. The number of aromatic nitrogens is 4. The monoisotopic (exact) mass is 366 g/mol. The molecule has 0 fully saturated rings. The number of aliphatic imine (C=N–C) groups is 1. The van der Waals surface area contributed by atoms with Crippen molar-refractivity contribution in [1.82, 2.24) is 20.1 Å². The molecule has 10 heteroatoms. The lowest BCUT2D eigenvalue weighted by atomic mass is 10.3. The van der Waals surface area contributed by atoms with E-state index < -0.39 is 12.1 Å². The van der Waals surface area contributed by atoms with Crippen molar-refractivity contribution >= 4 is 12.2 Å². The third kappa shape index (κ3) is 5.50. The summed E-state index contributed by atoms with van der Waals surface area (Å²) in [6, 6.07) is 0. The summed E-state index contributed by atoms with van der Waals surface area (Å²) in [5.74, 6) is -1.18. The topological polar surface area (TPSA) is 80.3 Å². The zero-order valence-corrected chi connectivity index (χ0v) is 14.2. The highest BCUT2D eigenvalue weighted by atomic mass is 19.4. The van der Waals surface area contributed by atoms with Gasteiger partial charge in [0.2, 0.25) is 11.8 Å². The normalized spacial score (nSPS) is 12.7. The number of rotatable bonds is 7. The molecule has 138 valence electrons. The number of hydrogen-bond acceptors (Lipinski definition) is 7. The standard InChI is InChI=1S/C16H17F3N6O/c1-3-7-20-8-5-4-6-9-25(2)15-21-10-12(11-22-15)13-23-14(26-24-13)16(17,18)19/h3-5,7-8,10-11H,6,9H2,1-2H3/b5-4+,7-3-,20-8-. The summed E-state index contributed by atoms with van der Waals surface area (Å²) < 4.78 is 41.6. The summed E-state index contributed by atoms with van der Waals surface area (Å²) in [5, 5.41) is 3.29. The van der Waals surface area contributed by atoms with Gasteiger partial charge in [-0.15, -0.1) is 0 Å². The summed E-state index contributed by atoms with van der Waals surface area (Å²) >= 11 is 0. The third-order valence-electron chi connectivity index (χ3n) is 3.08. The summed E-state index contributed by atoms with van der Waals surface area (Å²) in [4.78, 5) is 17.3. The number of halogens is 3. The van der Waals surface area contributed by atoms with E-state index in [2.05, 4.69) is 29.6 Å². The lowest BCUT2D eigenvalue weighted by Crippen LogP contribution is -2.20. The van der Waals surface area contributed by atoms with Crippen LogP contribution in [0.4, 0.5) is 19.1 Å². The Balaban J connectivity index is 1.93. The maximum absolute atomic E-state index is 12.5. The fraction of sp³-hybridized carbons (Fsp3) is 0.312. The van der Waals surface area contributed by atoms with Gasteiger partial charge in [0.15, 0.2) is 0 Å². The Kier molecular flexibility index (Phi) is 6.59. The minimum absolute atomic E-state index is 0.213. The first-order valence-corrected chi connectivity index (χ1v) is 7.65. The predicted molar refractivity (Wildman–Crippen MR) is 90.7 cm³/mol. The number of nitrogens with zero attached hydrogens (tertiary/aromatic N) is 6. The Labute approximate surface area is 148 Å². The smallest absolute Gasteiger partial charge is 0.344 e. The van der Waals surface area contributed by atoms with Crippen LogP contribution >= 0.6 is 0 Å². The van der Waals surface area contributed by atoms with Gasteiger partial charge in [-0.2, -0.15) is 18.2 Å². The van der Waals surface area contributed by atoms with Crippen molar-refractivity contribution in [1.29, 1.82) is 0 Å². The maximum atomic E-state index is 12.5. The van der Waals surface area contributed by atoms with Gasteiger partial charge in [-0.05, 0) is 19.4 Å². The van der Waals surface area contributed by atoms with Crippen molar-refractivity contribution in [2.24, 2.45) is 4.99 Å². The summed E-state index contributed by atoms with van der Waals surface area (Å²) in [6.07, 6.45) is 7.77. The van der Waals surface area contributed by atoms with E-state index in [0.29, 0.717) is 12.5 Å². The second-order valence-corrected chi connectivity index (χ2v) is 5.11. The molecule has 0 radical (unpaired) electrons. The zero-order valence-electron chi connectivity index (χ0n) is 14.2. The predicted octanol–water partition coefficient (Wildman–Crippen LogP) is 3.53. The number of anilines is 1. The SMILES string of the molecule is C\C=C/N=C\C=C\CCN(C)c1ncc(-c2noc(C(F)(F)F)n2)cn1. The van der Waals surface area contributed by atoms with Gasteiger partial charge in [0.25, 0.3) is 0 Å². The quantitative estimate of drug-likeness (QED) is 0.698. The van der Waals surface area contributed by atoms with Gasteiger partial charge in [-0.1, -0.05) is 17.3 Å². The molecule has 2 rings (SSSR count). The molecule has 7 nitrogen and oxygen atoms in total. The van der Waals surface area contributed by atoms with Gasteiger partial charge >= 0.3 is 12.1 Å². The van der Waals surface area contributed by atoms with Crippen molar-refractivity contribution in [3.63, 3.8) is 0 Å². The summed E-state index contributed by atoms with van der Waals surface area (Å²) in [5.41, 5.74) is 0.237. The molecular weight excluding hydrogens is 349 g/mol. The average Bonchev–Trinajstić information content (AvgIpc) is 3.11. The van der Waals surface area contributed by atoms with Crippen LogP contribution in [-0.4, -0.2) is 39.9 Å². The van der Waals surface area contributed by atoms with Gasteiger partial charge in [0.1, 0.15) is 0 Å². The molecule has 0 aliphatic carbocycles. The van der Waals surface area contributed by atoms with Gasteiger partial charge < -0.3 is 9.42 Å². The summed E-state index contributed by atoms with van der Waals surface area (Å²) in [6.45, 7) is 2.54. The highest BCUT2D eigenvalue weighted by Crippen LogP contribution is 2.29. The van der Waals surface area contributed by atoms with Crippen LogP contribution in [0.15, 0.2) is 46.3 Å². The molecule has 0 aliphatic rings. The van der Waals surface area contributed by atoms with Crippen molar-refractivity contribution in [3.05, 3.63) is 42.7 Å². The van der Waals surface area contributed by atoms with Crippen LogP contribution in [-0.2, 0) is 6.18 Å². The fourth-order valence-corrected chi connectivity index (χ4v) is 1.80. The lowest BCUT2D eigenvalue weighted by Gasteiger charge is -2.15. The zero-order chi connectivity index (χ0) is 19.0. The molecule has 0 aromatic carbocycles. The Hall–Kier alpha value is -3.04. The van der Waals surface area contributed by atoms with Crippen molar-refractivity contribution in [3.8, 4) is 11.4 Å². The summed E-state index contributed by atoms with van der Waals surface area (Å²) in [7, 11) is 1.81. The Morgan fingerprint density at radius 3 is 2.62 bits per heavy atom. The van der Waals surface area contributed by atoms with Gasteiger partial charge in [-0.25, -0.2) is 9.97 Å². The second-order valence-electron chi connectivity index (χ2n) is 5.11. The number of hydrogen-bond donors (Lipinski definition) is 0. The van der Waals surface area contributed by atoms with Crippen LogP contribution in [0, 0.1) is 0 Å². The van der Waals surface area contributed by atoms with E-state index in [4.69, 9.17) is 0 Å². The molecule has 2 heterocycles. The molecule has 26 heavy (non-hydrogen) atoms. The Morgan fingerprint density at radius 2 is 2.00 bits per heavy atom. The van der Waals surface area contributed by atoms with E-state index in [9.17, 15) is 13.2 Å². The number of allylic oxidation sites excluding steroid dienone is 2.